The van der Waals surface area contributed by atoms with Gasteiger partial charge in [0.2, 0.25) is 0 Å². The Hall–Kier alpha value is -0.880. The summed E-state index contributed by atoms with van der Waals surface area (Å²) in [5.74, 6) is 0. The van der Waals surface area contributed by atoms with E-state index in [4.69, 9.17) is 16.7 Å². The molecule has 0 saturated carbocycles. The predicted molar refractivity (Wildman–Crippen MR) is 75.0 cm³/mol. The molecule has 0 aromatic heterocycles. The molecule has 0 saturated heterocycles. The van der Waals surface area contributed by atoms with Crippen LogP contribution in [0.4, 0.5) is 0 Å². The van der Waals surface area contributed by atoms with Crippen LogP contribution in [-0.2, 0) is 0 Å². The van der Waals surface area contributed by atoms with Crippen LogP contribution in [0.3, 0.4) is 0 Å². The molecule has 0 bridgehead atoms. The van der Waals surface area contributed by atoms with E-state index in [0.717, 1.165) is 10.6 Å². The van der Waals surface area contributed by atoms with E-state index in [2.05, 4.69) is 0 Å². The molecule has 2 N–H and O–H groups in total. The molecule has 2 aromatic carbocycles. The summed E-state index contributed by atoms with van der Waals surface area (Å²) in [7, 11) is 0. The second-order valence-corrected chi connectivity index (χ2v) is 10.9. The zero-order valence-electron chi connectivity index (χ0n) is 9.18. The van der Waals surface area contributed by atoms with E-state index >= 15 is 0 Å². The maximum absolute atomic E-state index is 6.75. The molecular weight excluding hydrogens is 237 g/mol. The van der Waals surface area contributed by atoms with Crippen molar-refractivity contribution in [3.05, 3.63) is 60.7 Å². The van der Waals surface area contributed by atoms with Crippen molar-refractivity contribution in [2.45, 2.75) is 0 Å². The molecule has 0 radical (unpaired) electrons. The number of nitrogens with two attached hydrogens (primary N) is 1. The molecule has 0 fully saturated rings. The number of hydrogen-bond acceptors (Lipinski definition) is 1. The fourth-order valence-corrected chi connectivity index (χ4v) is 4.52. The van der Waals surface area contributed by atoms with Crippen molar-refractivity contribution in [2.75, 3.05) is 6.66 Å². The Morgan fingerprint density at radius 3 is 1.44 bits per heavy atom. The van der Waals surface area contributed by atoms with Crippen LogP contribution in [0.1, 0.15) is 0 Å². The van der Waals surface area contributed by atoms with Gasteiger partial charge in [-0.25, -0.2) is 0 Å². The van der Waals surface area contributed by atoms with Gasteiger partial charge in [-0.1, -0.05) is 0 Å². The monoisotopic (exact) mass is 251 g/mol. The van der Waals surface area contributed by atoms with Crippen LogP contribution < -0.4 is 16.1 Å². The van der Waals surface area contributed by atoms with Gasteiger partial charge in [0.15, 0.2) is 0 Å². The van der Waals surface area contributed by atoms with Gasteiger partial charge in [-0.3, -0.25) is 0 Å². The summed E-state index contributed by atoms with van der Waals surface area (Å²) in [6.45, 7) is 1.96. The number of rotatable bonds is 2. The first-order valence-corrected chi connectivity index (χ1v) is 8.80. The molecule has 0 aliphatic carbocycles. The third-order valence-electron chi connectivity index (χ3n) is 2.78. The zero-order valence-corrected chi connectivity index (χ0v) is 10.8. The summed E-state index contributed by atoms with van der Waals surface area (Å²) in [4.78, 5) is 0. The summed E-state index contributed by atoms with van der Waals surface area (Å²) in [5.41, 5.74) is 6.50. The molecule has 2 rings (SSSR count). The molecule has 3 heteroatoms. The van der Waals surface area contributed by atoms with Crippen LogP contribution in [0, 0.1) is 0 Å². The normalized spacial score (nSPS) is 14.1. The van der Waals surface area contributed by atoms with Gasteiger partial charge in [0, 0.05) is 0 Å². The molecule has 0 atom stereocenters. The van der Waals surface area contributed by atoms with Gasteiger partial charge in [-0.15, -0.1) is 0 Å². The standard InChI is InChI=1S/C13H15ClNP/c1-16(14,15,12-8-4-2-5-9-12)13-10-6-3-7-11-13/h2-11H,15H2,1H3. The third kappa shape index (κ3) is 1.99. The number of benzene rings is 2. The molecule has 16 heavy (non-hydrogen) atoms. The molecule has 2 aromatic rings. The van der Waals surface area contributed by atoms with Crippen LogP contribution in [-0.4, -0.2) is 6.66 Å². The van der Waals surface area contributed by atoms with Gasteiger partial charge in [0.1, 0.15) is 0 Å². The molecule has 0 amide bonds. The van der Waals surface area contributed by atoms with Crippen molar-refractivity contribution in [3.63, 3.8) is 0 Å². The second-order valence-electron chi connectivity index (χ2n) is 4.18. The van der Waals surface area contributed by atoms with Crippen molar-refractivity contribution >= 4 is 28.0 Å². The van der Waals surface area contributed by atoms with Gasteiger partial charge in [-0.05, 0) is 0 Å². The van der Waals surface area contributed by atoms with Crippen LogP contribution in [0.25, 0.3) is 0 Å². The van der Waals surface area contributed by atoms with E-state index in [9.17, 15) is 0 Å². The average molecular weight is 252 g/mol. The Labute approximate surface area is 101 Å². The van der Waals surface area contributed by atoms with Gasteiger partial charge in [0.05, 0.1) is 0 Å². The van der Waals surface area contributed by atoms with E-state index in [1.54, 1.807) is 0 Å². The SMILES string of the molecule is CP(N)(Cl)(c1ccccc1)c1ccccc1. The minimum absolute atomic E-state index is 1.02. The predicted octanol–water partition coefficient (Wildman–Crippen LogP) is 2.85. The third-order valence-corrected chi connectivity index (χ3v) is 7.08. The molecule has 0 unspecified atom stereocenters. The van der Waals surface area contributed by atoms with Crippen molar-refractivity contribution in [2.24, 2.45) is 5.50 Å². The minimum atomic E-state index is -2.96. The van der Waals surface area contributed by atoms with E-state index in [-0.39, 0.29) is 0 Å². The van der Waals surface area contributed by atoms with E-state index in [1.165, 1.54) is 0 Å². The average Bonchev–Trinajstić information content (AvgIpc) is 2.31. The Bertz CT molecular complexity index is 430. The molecular formula is C13H15ClNP. The molecule has 84 valence electrons. The van der Waals surface area contributed by atoms with Gasteiger partial charge in [0.25, 0.3) is 0 Å². The molecule has 1 nitrogen and oxygen atoms in total. The van der Waals surface area contributed by atoms with Crippen LogP contribution in [0.15, 0.2) is 60.7 Å². The molecule has 0 aliphatic heterocycles. The van der Waals surface area contributed by atoms with Crippen LogP contribution in [0.5, 0.6) is 0 Å². The summed E-state index contributed by atoms with van der Waals surface area (Å²) in [6.07, 6.45) is -2.96. The fraction of sp³-hybridized carbons (Fsp3) is 0.0769. The van der Waals surface area contributed by atoms with Gasteiger partial charge < -0.3 is 0 Å². The van der Waals surface area contributed by atoms with Gasteiger partial charge >= 0.3 is 101 Å². The first-order chi connectivity index (χ1) is 7.49. The second kappa shape index (κ2) is 3.85. The first kappa shape index (κ1) is 11.6. The van der Waals surface area contributed by atoms with Gasteiger partial charge in [-0.2, -0.15) is 0 Å². The fourth-order valence-electron chi connectivity index (χ4n) is 1.74. The number of hydrogen-bond donors (Lipinski definition) is 1. The van der Waals surface area contributed by atoms with Crippen molar-refractivity contribution in [1.82, 2.24) is 0 Å². The zero-order chi connectivity index (χ0) is 11.7. The van der Waals surface area contributed by atoms with Crippen molar-refractivity contribution in [3.8, 4) is 0 Å². The summed E-state index contributed by atoms with van der Waals surface area (Å²) in [5, 5.41) is 2.03. The van der Waals surface area contributed by atoms with Crippen LogP contribution >= 0.6 is 17.3 Å². The molecule has 0 spiro atoms. The Kier molecular flexibility index (Phi) is 2.79. The van der Waals surface area contributed by atoms with Crippen LogP contribution in [0.2, 0.25) is 0 Å². The number of halogens is 1. The summed E-state index contributed by atoms with van der Waals surface area (Å²) >= 11 is 6.75. The molecule has 0 aliphatic rings. The van der Waals surface area contributed by atoms with E-state index < -0.39 is 6.11 Å². The Morgan fingerprint density at radius 2 is 1.12 bits per heavy atom. The molecule has 0 heterocycles. The maximum atomic E-state index is 6.75. The Morgan fingerprint density at radius 1 is 0.812 bits per heavy atom. The van der Waals surface area contributed by atoms with Crippen molar-refractivity contribution in [1.29, 1.82) is 0 Å². The topological polar surface area (TPSA) is 26.0 Å². The van der Waals surface area contributed by atoms with E-state index in [1.807, 2.05) is 67.3 Å². The van der Waals surface area contributed by atoms with Crippen molar-refractivity contribution < 1.29 is 0 Å². The van der Waals surface area contributed by atoms with E-state index in [0.29, 0.717) is 0 Å². The summed E-state index contributed by atoms with van der Waals surface area (Å²) < 4.78 is 0. The first-order valence-electron chi connectivity index (χ1n) is 5.14. The summed E-state index contributed by atoms with van der Waals surface area (Å²) in [6, 6.07) is 19.8. The quantitative estimate of drug-likeness (QED) is 0.816. The Balaban J connectivity index is 2.60.